The van der Waals surface area contributed by atoms with Gasteiger partial charge in [0.25, 0.3) is 0 Å². The van der Waals surface area contributed by atoms with Crippen molar-refractivity contribution in [3.63, 3.8) is 0 Å². The Bertz CT molecular complexity index is 369. The topological polar surface area (TPSA) is 28.7 Å². The molecule has 0 amide bonds. The molecule has 0 spiro atoms. The van der Waals surface area contributed by atoms with Crippen LogP contribution in [0.4, 0.5) is 0 Å². The fourth-order valence-corrected chi connectivity index (χ4v) is 1.80. The van der Waals surface area contributed by atoms with Crippen LogP contribution in [0.3, 0.4) is 0 Å². The summed E-state index contributed by atoms with van der Waals surface area (Å²) >= 11 is 5.93. The molecule has 0 aliphatic heterocycles. The van der Waals surface area contributed by atoms with Gasteiger partial charge in [-0.3, -0.25) is 0 Å². The number of hydrogen-bond donors (Lipinski definition) is 1. The molecular weight excluding hydrogens is 196 g/mol. The Morgan fingerprint density at radius 1 is 1.29 bits per heavy atom. The van der Waals surface area contributed by atoms with E-state index in [1.54, 1.807) is 6.20 Å². The van der Waals surface area contributed by atoms with Crippen molar-refractivity contribution in [3.8, 4) is 0 Å². The third-order valence-corrected chi connectivity index (χ3v) is 2.51. The second kappa shape index (κ2) is 4.29. The molecule has 0 aliphatic carbocycles. The monoisotopic (exact) mass is 206 g/mol. The SMILES string of the molecule is ClCC(c1ccccc1)c1ncc[nH]1. The zero-order valence-corrected chi connectivity index (χ0v) is 8.41. The Labute approximate surface area is 88.0 Å². The van der Waals surface area contributed by atoms with Crippen LogP contribution in [0.5, 0.6) is 0 Å². The molecule has 1 heterocycles. The second-order valence-corrected chi connectivity index (χ2v) is 3.40. The Hall–Kier alpha value is -1.28. The Kier molecular flexibility index (Phi) is 2.84. The minimum atomic E-state index is 0.160. The number of hydrogen-bond acceptors (Lipinski definition) is 1. The normalized spacial score (nSPS) is 12.6. The first-order valence-corrected chi connectivity index (χ1v) is 5.05. The molecule has 72 valence electrons. The molecule has 0 bridgehead atoms. The lowest BCUT2D eigenvalue weighted by Crippen LogP contribution is -2.04. The number of aromatic amines is 1. The summed E-state index contributed by atoms with van der Waals surface area (Å²) in [6.45, 7) is 0. The molecule has 0 saturated carbocycles. The molecule has 2 nitrogen and oxygen atoms in total. The van der Waals surface area contributed by atoms with Gasteiger partial charge in [0.05, 0.1) is 5.92 Å². The highest BCUT2D eigenvalue weighted by molar-refractivity contribution is 6.18. The molecule has 1 atom stereocenters. The van der Waals surface area contributed by atoms with Crippen LogP contribution in [0.1, 0.15) is 17.3 Å². The van der Waals surface area contributed by atoms with Gasteiger partial charge >= 0.3 is 0 Å². The molecule has 1 unspecified atom stereocenters. The number of halogens is 1. The maximum Gasteiger partial charge on any atom is 0.114 e. The largest absolute Gasteiger partial charge is 0.348 e. The number of benzene rings is 1. The maximum absolute atomic E-state index is 5.93. The molecule has 2 aromatic rings. The van der Waals surface area contributed by atoms with Crippen LogP contribution in [0, 0.1) is 0 Å². The Balaban J connectivity index is 2.31. The fourth-order valence-electron chi connectivity index (χ4n) is 1.47. The van der Waals surface area contributed by atoms with E-state index in [0.717, 1.165) is 5.82 Å². The van der Waals surface area contributed by atoms with E-state index < -0.39 is 0 Å². The van der Waals surface area contributed by atoms with Crippen molar-refractivity contribution in [3.05, 3.63) is 54.1 Å². The molecule has 0 radical (unpaired) electrons. The highest BCUT2D eigenvalue weighted by Gasteiger charge is 2.14. The molecule has 1 aromatic carbocycles. The number of aromatic nitrogens is 2. The van der Waals surface area contributed by atoms with Crippen LogP contribution < -0.4 is 0 Å². The quantitative estimate of drug-likeness (QED) is 0.769. The summed E-state index contributed by atoms with van der Waals surface area (Å²) in [7, 11) is 0. The van der Waals surface area contributed by atoms with Gasteiger partial charge < -0.3 is 4.98 Å². The van der Waals surface area contributed by atoms with E-state index in [1.165, 1.54) is 5.56 Å². The van der Waals surface area contributed by atoms with Gasteiger partial charge in [-0.25, -0.2) is 4.98 Å². The zero-order chi connectivity index (χ0) is 9.80. The van der Waals surface area contributed by atoms with Gasteiger partial charge in [0, 0.05) is 18.3 Å². The first-order valence-electron chi connectivity index (χ1n) is 4.52. The predicted octanol–water partition coefficient (Wildman–Crippen LogP) is 2.78. The molecule has 0 aliphatic rings. The maximum atomic E-state index is 5.93. The number of alkyl halides is 1. The van der Waals surface area contributed by atoms with Crippen molar-refractivity contribution >= 4 is 11.6 Å². The summed E-state index contributed by atoms with van der Waals surface area (Å²) in [4.78, 5) is 7.31. The van der Waals surface area contributed by atoms with Gasteiger partial charge in [-0.15, -0.1) is 11.6 Å². The van der Waals surface area contributed by atoms with Crippen LogP contribution in [-0.2, 0) is 0 Å². The summed E-state index contributed by atoms with van der Waals surface area (Å²) < 4.78 is 0. The van der Waals surface area contributed by atoms with E-state index in [-0.39, 0.29) is 5.92 Å². The molecular formula is C11H11ClN2. The molecule has 0 fully saturated rings. The molecule has 2 rings (SSSR count). The van der Waals surface area contributed by atoms with Crippen molar-refractivity contribution in [1.29, 1.82) is 0 Å². The first-order chi connectivity index (χ1) is 6.92. The first kappa shape index (κ1) is 9.28. The molecule has 0 saturated heterocycles. The van der Waals surface area contributed by atoms with E-state index >= 15 is 0 Å². The van der Waals surface area contributed by atoms with Crippen molar-refractivity contribution in [2.75, 3.05) is 5.88 Å². The van der Waals surface area contributed by atoms with Gasteiger partial charge in [-0.2, -0.15) is 0 Å². The van der Waals surface area contributed by atoms with E-state index in [1.807, 2.05) is 24.4 Å². The van der Waals surface area contributed by atoms with Gasteiger partial charge in [-0.1, -0.05) is 30.3 Å². The zero-order valence-electron chi connectivity index (χ0n) is 7.65. The lowest BCUT2D eigenvalue weighted by Gasteiger charge is -2.10. The average Bonchev–Trinajstić information content (AvgIpc) is 2.74. The summed E-state index contributed by atoms with van der Waals surface area (Å²) in [5, 5.41) is 0. The van der Waals surface area contributed by atoms with Gasteiger partial charge in [0.2, 0.25) is 0 Å². The third-order valence-electron chi connectivity index (χ3n) is 2.21. The predicted molar refractivity (Wildman–Crippen MR) is 57.6 cm³/mol. The van der Waals surface area contributed by atoms with E-state index in [9.17, 15) is 0 Å². The standard InChI is InChI=1S/C11H11ClN2/c12-8-10(11-13-6-7-14-11)9-4-2-1-3-5-9/h1-7,10H,8H2,(H,13,14). The van der Waals surface area contributed by atoms with Crippen LogP contribution in [-0.4, -0.2) is 15.8 Å². The van der Waals surface area contributed by atoms with Crippen LogP contribution in [0.25, 0.3) is 0 Å². The molecule has 1 aromatic heterocycles. The highest BCUT2D eigenvalue weighted by atomic mass is 35.5. The summed E-state index contributed by atoms with van der Waals surface area (Å²) in [6.07, 6.45) is 3.57. The molecule has 3 heteroatoms. The number of nitrogens with one attached hydrogen (secondary N) is 1. The number of H-pyrrole nitrogens is 1. The Morgan fingerprint density at radius 3 is 2.64 bits per heavy atom. The Morgan fingerprint density at radius 2 is 2.07 bits per heavy atom. The van der Waals surface area contributed by atoms with Crippen LogP contribution in [0.15, 0.2) is 42.7 Å². The van der Waals surface area contributed by atoms with Gasteiger partial charge in [0.1, 0.15) is 5.82 Å². The lowest BCUT2D eigenvalue weighted by atomic mass is 10.0. The highest BCUT2D eigenvalue weighted by Crippen LogP contribution is 2.22. The minimum absolute atomic E-state index is 0.160. The van der Waals surface area contributed by atoms with Crippen LogP contribution >= 0.6 is 11.6 Å². The second-order valence-electron chi connectivity index (χ2n) is 3.09. The van der Waals surface area contributed by atoms with Gasteiger partial charge in [-0.05, 0) is 5.56 Å². The number of nitrogens with zero attached hydrogens (tertiary/aromatic N) is 1. The van der Waals surface area contributed by atoms with Crippen LogP contribution in [0.2, 0.25) is 0 Å². The minimum Gasteiger partial charge on any atom is -0.348 e. The molecule has 1 N–H and O–H groups in total. The lowest BCUT2D eigenvalue weighted by molar-refractivity contribution is 0.847. The smallest absolute Gasteiger partial charge is 0.114 e. The van der Waals surface area contributed by atoms with Crippen molar-refractivity contribution in [1.82, 2.24) is 9.97 Å². The van der Waals surface area contributed by atoms with Crippen molar-refractivity contribution < 1.29 is 0 Å². The molecule has 14 heavy (non-hydrogen) atoms. The van der Waals surface area contributed by atoms with E-state index in [2.05, 4.69) is 22.1 Å². The van der Waals surface area contributed by atoms with Gasteiger partial charge in [0.15, 0.2) is 0 Å². The fraction of sp³-hybridized carbons (Fsp3) is 0.182. The van der Waals surface area contributed by atoms with E-state index in [0.29, 0.717) is 5.88 Å². The van der Waals surface area contributed by atoms with Crippen molar-refractivity contribution in [2.45, 2.75) is 5.92 Å². The average molecular weight is 207 g/mol. The van der Waals surface area contributed by atoms with Crippen molar-refractivity contribution in [2.24, 2.45) is 0 Å². The summed E-state index contributed by atoms with van der Waals surface area (Å²) in [5.74, 6) is 1.62. The summed E-state index contributed by atoms with van der Waals surface area (Å²) in [6, 6.07) is 10.2. The summed E-state index contributed by atoms with van der Waals surface area (Å²) in [5.41, 5.74) is 1.19. The van der Waals surface area contributed by atoms with E-state index in [4.69, 9.17) is 11.6 Å². The third kappa shape index (κ3) is 1.80. The number of rotatable bonds is 3. The number of imidazole rings is 1.